The molecular weight excluding hydrogens is 220 g/mol. The lowest BCUT2D eigenvalue weighted by molar-refractivity contribution is 0.0801. The van der Waals surface area contributed by atoms with Crippen molar-refractivity contribution in [3.05, 3.63) is 0 Å². The van der Waals surface area contributed by atoms with Gasteiger partial charge in [-0.1, -0.05) is 40.5 Å². The zero-order chi connectivity index (χ0) is 13.4. The smallest absolute Gasteiger partial charge is 0.00928 e. The molecule has 0 bridgehead atoms. The minimum atomic E-state index is 0.454. The van der Waals surface area contributed by atoms with Crippen LogP contribution in [0.25, 0.3) is 0 Å². The fraction of sp³-hybridized carbons (Fsp3) is 1.00. The molecule has 1 aliphatic heterocycles. The molecule has 1 fully saturated rings. The molecule has 1 heterocycles. The summed E-state index contributed by atoms with van der Waals surface area (Å²) in [6.07, 6.45) is 8.22. The summed E-state index contributed by atoms with van der Waals surface area (Å²) >= 11 is 0. The van der Waals surface area contributed by atoms with Gasteiger partial charge in [0.1, 0.15) is 0 Å². The van der Waals surface area contributed by atoms with Crippen LogP contribution in [0.15, 0.2) is 0 Å². The van der Waals surface area contributed by atoms with Crippen LogP contribution in [0.1, 0.15) is 66.2 Å². The summed E-state index contributed by atoms with van der Waals surface area (Å²) in [5.41, 5.74) is 0.454. The molecule has 108 valence electrons. The lowest BCUT2D eigenvalue weighted by atomic mass is 9.83. The Morgan fingerprint density at radius 1 is 1.22 bits per heavy atom. The molecule has 1 aliphatic rings. The topological polar surface area (TPSA) is 15.3 Å². The Kier molecular flexibility index (Phi) is 7.25. The second-order valence-electron chi connectivity index (χ2n) is 6.37. The first-order valence-electron chi connectivity index (χ1n) is 8.10. The van der Waals surface area contributed by atoms with Gasteiger partial charge in [0.2, 0.25) is 0 Å². The van der Waals surface area contributed by atoms with Gasteiger partial charge in [0.05, 0.1) is 0 Å². The molecule has 0 aromatic heterocycles. The molecule has 2 nitrogen and oxygen atoms in total. The van der Waals surface area contributed by atoms with Gasteiger partial charge in [0.25, 0.3) is 0 Å². The molecule has 2 heteroatoms. The Hall–Kier alpha value is -0.0800. The fourth-order valence-electron chi connectivity index (χ4n) is 3.47. The molecular formula is C16H34N2. The van der Waals surface area contributed by atoms with Gasteiger partial charge < -0.3 is 5.32 Å². The van der Waals surface area contributed by atoms with Crippen LogP contribution in [0.3, 0.4) is 0 Å². The molecule has 0 radical (unpaired) electrons. The highest BCUT2D eigenvalue weighted by Crippen LogP contribution is 2.28. The van der Waals surface area contributed by atoms with Crippen LogP contribution in [-0.2, 0) is 0 Å². The number of rotatable bonds is 8. The van der Waals surface area contributed by atoms with E-state index in [0.717, 1.165) is 12.6 Å². The van der Waals surface area contributed by atoms with Gasteiger partial charge in [-0.15, -0.1) is 0 Å². The number of piperidine rings is 1. The minimum absolute atomic E-state index is 0.454. The molecule has 18 heavy (non-hydrogen) atoms. The third-order valence-corrected chi connectivity index (χ3v) is 4.46. The number of nitrogens with one attached hydrogen (secondary N) is 1. The molecule has 0 aromatic carbocycles. The summed E-state index contributed by atoms with van der Waals surface area (Å²) in [5, 5.41) is 3.57. The van der Waals surface area contributed by atoms with Crippen LogP contribution < -0.4 is 5.32 Å². The normalized spacial score (nSPS) is 25.0. The van der Waals surface area contributed by atoms with Gasteiger partial charge >= 0.3 is 0 Å². The van der Waals surface area contributed by atoms with E-state index < -0.39 is 0 Å². The second-order valence-corrected chi connectivity index (χ2v) is 6.37. The van der Waals surface area contributed by atoms with E-state index in [4.69, 9.17) is 0 Å². The highest BCUT2D eigenvalue weighted by Gasteiger charge is 2.30. The van der Waals surface area contributed by atoms with Gasteiger partial charge in [-0.3, -0.25) is 4.90 Å². The van der Waals surface area contributed by atoms with Crippen molar-refractivity contribution in [2.75, 3.05) is 26.2 Å². The van der Waals surface area contributed by atoms with Crippen molar-refractivity contribution in [2.24, 2.45) is 5.41 Å². The zero-order valence-electron chi connectivity index (χ0n) is 13.1. The number of likely N-dealkylation sites (tertiary alicyclic amines) is 1. The van der Waals surface area contributed by atoms with Crippen molar-refractivity contribution < 1.29 is 0 Å². The third kappa shape index (κ3) is 4.89. The summed E-state index contributed by atoms with van der Waals surface area (Å²) in [6.45, 7) is 14.2. The Morgan fingerprint density at radius 3 is 2.61 bits per heavy atom. The lowest BCUT2D eigenvalue weighted by Crippen LogP contribution is -2.48. The summed E-state index contributed by atoms with van der Waals surface area (Å²) in [5.74, 6) is 0. The van der Waals surface area contributed by atoms with Crippen molar-refractivity contribution in [3.8, 4) is 0 Å². The number of hydrogen-bond donors (Lipinski definition) is 1. The number of nitrogens with zero attached hydrogens (tertiary/aromatic N) is 1. The maximum Gasteiger partial charge on any atom is 0.00928 e. The Labute approximate surface area is 115 Å². The molecule has 1 rings (SSSR count). The molecule has 0 aliphatic carbocycles. The number of hydrogen-bond acceptors (Lipinski definition) is 2. The molecule has 0 spiro atoms. The van der Waals surface area contributed by atoms with Crippen molar-refractivity contribution in [1.82, 2.24) is 10.2 Å². The maximum atomic E-state index is 3.57. The van der Waals surface area contributed by atoms with Crippen molar-refractivity contribution in [1.29, 1.82) is 0 Å². The molecule has 1 N–H and O–H groups in total. The molecule has 1 saturated heterocycles. The van der Waals surface area contributed by atoms with Crippen molar-refractivity contribution >= 4 is 0 Å². The van der Waals surface area contributed by atoms with E-state index >= 15 is 0 Å². The predicted octanol–water partition coefficient (Wildman–Crippen LogP) is 3.67. The summed E-state index contributed by atoms with van der Waals surface area (Å²) < 4.78 is 0. The van der Waals surface area contributed by atoms with E-state index in [2.05, 4.69) is 37.9 Å². The van der Waals surface area contributed by atoms with Crippen molar-refractivity contribution in [3.63, 3.8) is 0 Å². The van der Waals surface area contributed by atoms with Crippen LogP contribution in [0, 0.1) is 5.41 Å². The minimum Gasteiger partial charge on any atom is -0.316 e. The van der Waals surface area contributed by atoms with Crippen molar-refractivity contribution in [2.45, 2.75) is 72.3 Å². The second kappa shape index (κ2) is 8.16. The predicted molar refractivity (Wildman–Crippen MR) is 81.1 cm³/mol. The van der Waals surface area contributed by atoms with E-state index in [9.17, 15) is 0 Å². The average Bonchev–Trinajstić information content (AvgIpc) is 2.37. The molecule has 2 atom stereocenters. The van der Waals surface area contributed by atoms with E-state index in [1.807, 2.05) is 0 Å². The van der Waals surface area contributed by atoms with E-state index in [1.54, 1.807) is 0 Å². The quantitative estimate of drug-likeness (QED) is 0.711. The van der Waals surface area contributed by atoms with Crippen LogP contribution in [0.2, 0.25) is 0 Å². The highest BCUT2D eigenvalue weighted by molar-refractivity contribution is 4.85. The fourth-order valence-corrected chi connectivity index (χ4v) is 3.47. The van der Waals surface area contributed by atoms with E-state index in [-0.39, 0.29) is 0 Å². The highest BCUT2D eigenvalue weighted by atomic mass is 15.2. The van der Waals surface area contributed by atoms with Gasteiger partial charge in [0.15, 0.2) is 0 Å². The Balaban J connectivity index is 2.56. The van der Waals surface area contributed by atoms with Gasteiger partial charge in [-0.2, -0.15) is 0 Å². The first kappa shape index (κ1) is 16.0. The van der Waals surface area contributed by atoms with Gasteiger partial charge in [-0.25, -0.2) is 0 Å². The maximum absolute atomic E-state index is 3.57. The Morgan fingerprint density at radius 2 is 2.00 bits per heavy atom. The zero-order valence-corrected chi connectivity index (χ0v) is 13.1. The molecule has 0 saturated carbocycles. The van der Waals surface area contributed by atoms with Crippen LogP contribution in [0.4, 0.5) is 0 Å². The van der Waals surface area contributed by atoms with Crippen LogP contribution in [-0.4, -0.2) is 37.1 Å². The van der Waals surface area contributed by atoms with Gasteiger partial charge in [0, 0.05) is 19.1 Å². The third-order valence-electron chi connectivity index (χ3n) is 4.46. The first-order chi connectivity index (χ1) is 8.65. The lowest BCUT2D eigenvalue weighted by Gasteiger charge is -2.42. The largest absolute Gasteiger partial charge is 0.316 e. The van der Waals surface area contributed by atoms with E-state index in [1.165, 1.54) is 58.2 Å². The molecule has 0 amide bonds. The summed E-state index contributed by atoms with van der Waals surface area (Å²) in [6, 6.07) is 0.844. The van der Waals surface area contributed by atoms with Crippen LogP contribution >= 0.6 is 0 Å². The summed E-state index contributed by atoms with van der Waals surface area (Å²) in [4.78, 5) is 2.77. The van der Waals surface area contributed by atoms with Crippen LogP contribution in [0.5, 0.6) is 0 Å². The standard InChI is InChI=1S/C16H34N2/c1-5-11-16(4,13-17-7-3)14-18-12-9-8-10-15(18)6-2/h15,17H,5-14H2,1-4H3. The van der Waals surface area contributed by atoms with Gasteiger partial charge in [-0.05, 0) is 44.2 Å². The summed E-state index contributed by atoms with van der Waals surface area (Å²) in [7, 11) is 0. The molecule has 0 aromatic rings. The first-order valence-corrected chi connectivity index (χ1v) is 8.10. The monoisotopic (exact) mass is 254 g/mol. The average molecular weight is 254 g/mol. The Bertz CT molecular complexity index is 217. The SMILES string of the molecule is CCCC(C)(CNCC)CN1CCCCC1CC. The molecule has 2 unspecified atom stereocenters. The van der Waals surface area contributed by atoms with E-state index in [0.29, 0.717) is 5.41 Å².